The molecule has 1 N–H and O–H groups in total. The molecule has 1 heterocycles. The molecular weight excluding hydrogens is 420 g/mol. The summed E-state index contributed by atoms with van der Waals surface area (Å²) in [6.45, 7) is 7.96. The van der Waals surface area contributed by atoms with Crippen LogP contribution < -0.4 is 10.1 Å². The van der Waals surface area contributed by atoms with E-state index in [4.69, 9.17) is 4.74 Å². The normalized spacial score (nSPS) is 11.1. The lowest BCUT2D eigenvalue weighted by molar-refractivity contribution is -0.384. The maximum atomic E-state index is 12.7. The Balaban J connectivity index is 1.92. The van der Waals surface area contributed by atoms with Gasteiger partial charge in [0.15, 0.2) is 0 Å². The van der Waals surface area contributed by atoms with Crippen LogP contribution in [0.5, 0.6) is 5.75 Å². The lowest BCUT2D eigenvalue weighted by Gasteiger charge is -2.12. The van der Waals surface area contributed by atoms with Crippen molar-refractivity contribution in [3.8, 4) is 17.5 Å². The number of nitrogens with one attached hydrogen (secondary N) is 1. The molecule has 0 aliphatic heterocycles. The number of carbonyl (C=O) groups excluding carboxylic acids is 1. The molecule has 8 nitrogen and oxygen atoms in total. The van der Waals surface area contributed by atoms with Crippen LogP contribution in [0.3, 0.4) is 0 Å². The van der Waals surface area contributed by atoms with Crippen LogP contribution in [0.2, 0.25) is 0 Å². The molecule has 0 aliphatic rings. The molecule has 0 spiro atoms. The number of amides is 1. The van der Waals surface area contributed by atoms with Gasteiger partial charge in [0.2, 0.25) is 0 Å². The van der Waals surface area contributed by atoms with Gasteiger partial charge in [-0.15, -0.1) is 0 Å². The van der Waals surface area contributed by atoms with Gasteiger partial charge in [0, 0.05) is 41.0 Å². The van der Waals surface area contributed by atoms with E-state index in [1.165, 1.54) is 12.1 Å². The van der Waals surface area contributed by atoms with Crippen LogP contribution >= 0.6 is 0 Å². The number of nitriles is 1. The van der Waals surface area contributed by atoms with Crippen molar-refractivity contribution in [3.05, 3.63) is 86.7 Å². The minimum Gasteiger partial charge on any atom is -0.494 e. The average molecular weight is 444 g/mol. The standard InChI is InChI=1S/C25H24N4O4/c1-5-33-23-8-6-7-21(14-23)27-25(30)20(15-26)13-19-12-17(3)28(18(19)4)24-10-9-22(29(31)32)11-16(24)2/h6-14H,5H2,1-4H3,(H,27,30)/b20-13-. The first-order valence-corrected chi connectivity index (χ1v) is 10.4. The molecule has 0 atom stereocenters. The number of ether oxygens (including phenoxy) is 1. The second-order valence-corrected chi connectivity index (χ2v) is 7.47. The zero-order valence-corrected chi connectivity index (χ0v) is 18.9. The van der Waals surface area contributed by atoms with E-state index in [9.17, 15) is 20.2 Å². The number of aromatic nitrogens is 1. The van der Waals surface area contributed by atoms with Crippen molar-refractivity contribution in [2.24, 2.45) is 0 Å². The Morgan fingerprint density at radius 2 is 1.97 bits per heavy atom. The van der Waals surface area contributed by atoms with Crippen molar-refractivity contribution in [1.82, 2.24) is 4.57 Å². The molecule has 2 aromatic carbocycles. The van der Waals surface area contributed by atoms with Gasteiger partial charge in [0.05, 0.1) is 11.5 Å². The summed E-state index contributed by atoms with van der Waals surface area (Å²) in [5.41, 5.74) is 4.44. The van der Waals surface area contributed by atoms with Gasteiger partial charge in [0.25, 0.3) is 11.6 Å². The number of anilines is 1. The summed E-state index contributed by atoms with van der Waals surface area (Å²) in [6, 6.07) is 15.5. The van der Waals surface area contributed by atoms with Gasteiger partial charge in [-0.3, -0.25) is 14.9 Å². The van der Waals surface area contributed by atoms with Crippen molar-refractivity contribution < 1.29 is 14.5 Å². The van der Waals surface area contributed by atoms with Crippen LogP contribution in [-0.4, -0.2) is 22.0 Å². The summed E-state index contributed by atoms with van der Waals surface area (Å²) >= 11 is 0. The topological polar surface area (TPSA) is 110 Å². The first kappa shape index (κ1) is 23.3. The maximum absolute atomic E-state index is 12.7. The van der Waals surface area contributed by atoms with Crippen molar-refractivity contribution in [2.75, 3.05) is 11.9 Å². The monoisotopic (exact) mass is 444 g/mol. The Bertz CT molecular complexity index is 1300. The van der Waals surface area contributed by atoms with Crippen LogP contribution in [0.4, 0.5) is 11.4 Å². The van der Waals surface area contributed by atoms with E-state index < -0.39 is 10.8 Å². The van der Waals surface area contributed by atoms with E-state index in [0.717, 1.165) is 22.6 Å². The highest BCUT2D eigenvalue weighted by atomic mass is 16.6. The molecule has 3 aromatic rings. The highest BCUT2D eigenvalue weighted by molar-refractivity contribution is 6.09. The molecule has 0 radical (unpaired) electrons. The van der Waals surface area contributed by atoms with Crippen LogP contribution in [0.25, 0.3) is 11.8 Å². The molecule has 168 valence electrons. The van der Waals surface area contributed by atoms with Crippen molar-refractivity contribution in [1.29, 1.82) is 5.26 Å². The summed E-state index contributed by atoms with van der Waals surface area (Å²) in [5.74, 6) is 0.0993. The SMILES string of the molecule is CCOc1cccc(NC(=O)/C(C#N)=C\c2cc(C)n(-c3ccc([N+](=O)[O-])cc3C)c2C)c1. The van der Waals surface area contributed by atoms with E-state index in [2.05, 4.69) is 5.32 Å². The Labute approximate surface area is 191 Å². The van der Waals surface area contributed by atoms with E-state index in [1.54, 1.807) is 43.3 Å². The molecule has 0 fully saturated rings. The van der Waals surface area contributed by atoms with Gasteiger partial charge >= 0.3 is 0 Å². The molecular formula is C25H24N4O4. The molecule has 33 heavy (non-hydrogen) atoms. The van der Waals surface area contributed by atoms with Crippen LogP contribution in [0.1, 0.15) is 29.4 Å². The van der Waals surface area contributed by atoms with E-state index >= 15 is 0 Å². The molecule has 0 aliphatic carbocycles. The number of nitrogens with zero attached hydrogens (tertiary/aromatic N) is 3. The number of rotatable bonds is 7. The first-order valence-electron chi connectivity index (χ1n) is 10.4. The molecule has 8 heteroatoms. The number of benzene rings is 2. The fourth-order valence-electron chi connectivity index (χ4n) is 3.64. The minimum atomic E-state index is -0.525. The number of nitro groups is 1. The highest BCUT2D eigenvalue weighted by Gasteiger charge is 2.16. The lowest BCUT2D eigenvalue weighted by atomic mass is 10.1. The fourth-order valence-corrected chi connectivity index (χ4v) is 3.64. The first-order chi connectivity index (χ1) is 15.7. The van der Waals surface area contributed by atoms with Crippen molar-refractivity contribution in [2.45, 2.75) is 27.7 Å². The third-order valence-corrected chi connectivity index (χ3v) is 5.17. The highest BCUT2D eigenvalue weighted by Crippen LogP contribution is 2.27. The lowest BCUT2D eigenvalue weighted by Crippen LogP contribution is -2.13. The number of nitro benzene ring substituents is 1. The second kappa shape index (κ2) is 9.83. The number of hydrogen-bond donors (Lipinski definition) is 1. The summed E-state index contributed by atoms with van der Waals surface area (Å²) in [5, 5.41) is 23.4. The predicted octanol–water partition coefficient (Wildman–Crippen LogP) is 5.26. The largest absolute Gasteiger partial charge is 0.494 e. The van der Waals surface area contributed by atoms with Crippen LogP contribution in [0.15, 0.2) is 54.1 Å². The zero-order chi connectivity index (χ0) is 24.1. The molecule has 0 bridgehead atoms. The Morgan fingerprint density at radius 1 is 1.21 bits per heavy atom. The molecule has 0 saturated heterocycles. The van der Waals surface area contributed by atoms with Crippen molar-refractivity contribution in [3.63, 3.8) is 0 Å². The third-order valence-electron chi connectivity index (χ3n) is 5.17. The summed E-state index contributed by atoms with van der Waals surface area (Å²) in [6.07, 6.45) is 1.54. The fraction of sp³-hybridized carbons (Fsp3) is 0.200. The van der Waals surface area contributed by atoms with Gasteiger partial charge in [-0.2, -0.15) is 5.26 Å². The summed E-state index contributed by atoms with van der Waals surface area (Å²) in [4.78, 5) is 23.4. The van der Waals surface area contributed by atoms with Crippen molar-refractivity contribution >= 4 is 23.4 Å². The number of hydrogen-bond acceptors (Lipinski definition) is 5. The second-order valence-electron chi connectivity index (χ2n) is 7.47. The number of aryl methyl sites for hydroxylation is 2. The summed E-state index contributed by atoms with van der Waals surface area (Å²) in [7, 11) is 0. The average Bonchev–Trinajstić information content (AvgIpc) is 3.05. The minimum absolute atomic E-state index is 0.0238. The smallest absolute Gasteiger partial charge is 0.269 e. The van der Waals surface area contributed by atoms with Gasteiger partial charge in [0.1, 0.15) is 17.4 Å². The number of carbonyl (C=O) groups is 1. The molecule has 3 rings (SSSR count). The van der Waals surface area contributed by atoms with Gasteiger partial charge in [-0.05, 0) is 69.2 Å². The Morgan fingerprint density at radius 3 is 2.61 bits per heavy atom. The molecule has 0 unspecified atom stereocenters. The van der Waals surface area contributed by atoms with Gasteiger partial charge in [-0.1, -0.05) is 6.07 Å². The zero-order valence-electron chi connectivity index (χ0n) is 18.9. The van der Waals surface area contributed by atoms with Crippen LogP contribution in [0, 0.1) is 42.2 Å². The molecule has 1 aromatic heterocycles. The number of non-ortho nitro benzene ring substituents is 1. The molecule has 0 saturated carbocycles. The molecule has 1 amide bonds. The van der Waals surface area contributed by atoms with E-state index in [0.29, 0.717) is 23.6 Å². The van der Waals surface area contributed by atoms with Crippen LogP contribution in [-0.2, 0) is 4.79 Å². The Kier molecular flexibility index (Phi) is 6.94. The van der Waals surface area contributed by atoms with E-state index in [-0.39, 0.29) is 11.3 Å². The van der Waals surface area contributed by atoms with Gasteiger partial charge < -0.3 is 14.6 Å². The Hall–Kier alpha value is -4.38. The maximum Gasteiger partial charge on any atom is 0.269 e. The van der Waals surface area contributed by atoms with E-state index in [1.807, 2.05) is 37.5 Å². The van der Waals surface area contributed by atoms with Gasteiger partial charge in [-0.25, -0.2) is 0 Å². The quantitative estimate of drug-likeness (QED) is 0.231. The third kappa shape index (κ3) is 5.10. The predicted molar refractivity (Wildman–Crippen MR) is 126 cm³/mol. The summed E-state index contributed by atoms with van der Waals surface area (Å²) < 4.78 is 7.39.